The van der Waals surface area contributed by atoms with Crippen LogP contribution >= 0.6 is 11.6 Å². The zero-order valence-electron chi connectivity index (χ0n) is 18.0. The Morgan fingerprint density at radius 1 is 1.00 bits per heavy atom. The molecule has 6 nitrogen and oxygen atoms in total. The Hall–Kier alpha value is -2.87. The molecule has 0 amide bonds. The second-order valence-corrected chi connectivity index (χ2v) is 10.2. The van der Waals surface area contributed by atoms with E-state index in [9.17, 15) is 13.2 Å². The first-order valence-corrected chi connectivity index (χ1v) is 11.9. The highest BCUT2D eigenvalue weighted by Crippen LogP contribution is 2.26. The lowest BCUT2D eigenvalue weighted by atomic mass is 10.0. The van der Waals surface area contributed by atoms with Crippen molar-refractivity contribution in [3.05, 3.63) is 98.2 Å². The van der Waals surface area contributed by atoms with Gasteiger partial charge in [0.05, 0.1) is 23.2 Å². The lowest BCUT2D eigenvalue weighted by Crippen LogP contribution is -2.32. The van der Waals surface area contributed by atoms with Crippen LogP contribution in [0.1, 0.15) is 28.0 Å². The van der Waals surface area contributed by atoms with E-state index < -0.39 is 10.0 Å². The van der Waals surface area contributed by atoms with E-state index in [1.165, 1.54) is 22.7 Å². The molecule has 8 heteroatoms. The number of rotatable bonds is 6. The third-order valence-corrected chi connectivity index (χ3v) is 7.86. The molecular weight excluding hydrogens is 448 g/mol. The predicted molar refractivity (Wildman–Crippen MR) is 125 cm³/mol. The van der Waals surface area contributed by atoms with E-state index in [0.717, 1.165) is 27.6 Å². The molecule has 2 aromatic heterocycles. The van der Waals surface area contributed by atoms with Crippen molar-refractivity contribution in [2.75, 3.05) is 0 Å². The van der Waals surface area contributed by atoms with Gasteiger partial charge in [-0.3, -0.25) is 4.79 Å². The number of aromatic nitrogens is 1. The summed E-state index contributed by atoms with van der Waals surface area (Å²) in [5.41, 5.74) is 3.60. The van der Waals surface area contributed by atoms with Crippen molar-refractivity contribution in [3.8, 4) is 0 Å². The van der Waals surface area contributed by atoms with Gasteiger partial charge in [0, 0.05) is 17.1 Å². The molecule has 0 bridgehead atoms. The lowest BCUT2D eigenvalue weighted by molar-refractivity contribution is 0.357. The molecule has 0 aliphatic heterocycles. The van der Waals surface area contributed by atoms with E-state index in [2.05, 4.69) is 4.98 Å². The van der Waals surface area contributed by atoms with Crippen LogP contribution in [0.4, 0.5) is 0 Å². The van der Waals surface area contributed by atoms with Gasteiger partial charge in [0.2, 0.25) is 10.0 Å². The molecule has 0 unspecified atom stereocenters. The lowest BCUT2D eigenvalue weighted by Gasteiger charge is -2.22. The quantitative estimate of drug-likeness (QED) is 0.425. The number of halogens is 1. The van der Waals surface area contributed by atoms with E-state index in [1.54, 1.807) is 31.2 Å². The van der Waals surface area contributed by atoms with Gasteiger partial charge in [-0.1, -0.05) is 29.8 Å². The van der Waals surface area contributed by atoms with E-state index in [4.69, 9.17) is 16.0 Å². The number of nitrogens with one attached hydrogen (secondary N) is 1. The van der Waals surface area contributed by atoms with Crippen LogP contribution in [0.2, 0.25) is 5.02 Å². The van der Waals surface area contributed by atoms with Gasteiger partial charge in [0.15, 0.2) is 0 Å². The monoisotopic (exact) mass is 470 g/mol. The largest absolute Gasteiger partial charge is 0.468 e. The van der Waals surface area contributed by atoms with Crippen LogP contribution in [0.15, 0.2) is 68.9 Å². The van der Waals surface area contributed by atoms with Gasteiger partial charge in [-0.05, 0) is 73.2 Å². The Kier molecular flexibility index (Phi) is 5.99. The minimum absolute atomic E-state index is 0.0226. The topological polar surface area (TPSA) is 83.4 Å². The Labute approximate surface area is 191 Å². The maximum Gasteiger partial charge on any atom is 0.252 e. The predicted octanol–water partition coefficient (Wildman–Crippen LogP) is 5.09. The van der Waals surface area contributed by atoms with Crippen molar-refractivity contribution in [2.24, 2.45) is 0 Å². The minimum atomic E-state index is -3.96. The summed E-state index contributed by atoms with van der Waals surface area (Å²) in [4.78, 5) is 15.9. The molecule has 166 valence electrons. The van der Waals surface area contributed by atoms with Gasteiger partial charge in [0.1, 0.15) is 5.76 Å². The molecule has 0 saturated carbocycles. The van der Waals surface area contributed by atoms with Crippen LogP contribution in [0.3, 0.4) is 0 Å². The molecule has 32 heavy (non-hydrogen) atoms. The number of pyridine rings is 1. The fourth-order valence-electron chi connectivity index (χ4n) is 3.56. The van der Waals surface area contributed by atoms with Crippen molar-refractivity contribution < 1.29 is 12.8 Å². The fourth-order valence-corrected chi connectivity index (χ4v) is 5.22. The first-order chi connectivity index (χ1) is 15.2. The van der Waals surface area contributed by atoms with Crippen molar-refractivity contribution in [2.45, 2.75) is 38.8 Å². The summed E-state index contributed by atoms with van der Waals surface area (Å²) in [5.74, 6) is 0.468. The molecule has 0 radical (unpaired) electrons. The highest BCUT2D eigenvalue weighted by Gasteiger charge is 2.27. The summed E-state index contributed by atoms with van der Waals surface area (Å²) in [7, 11) is -3.96. The van der Waals surface area contributed by atoms with Gasteiger partial charge in [-0.15, -0.1) is 0 Å². The molecule has 0 fully saturated rings. The zero-order valence-corrected chi connectivity index (χ0v) is 19.5. The highest BCUT2D eigenvalue weighted by molar-refractivity contribution is 7.89. The number of aromatic amines is 1. The highest BCUT2D eigenvalue weighted by atomic mass is 35.5. The van der Waals surface area contributed by atoms with Crippen LogP contribution < -0.4 is 5.56 Å². The van der Waals surface area contributed by atoms with Gasteiger partial charge >= 0.3 is 0 Å². The van der Waals surface area contributed by atoms with Gasteiger partial charge < -0.3 is 9.40 Å². The number of benzene rings is 2. The Morgan fingerprint density at radius 3 is 2.44 bits per heavy atom. The first kappa shape index (κ1) is 22.3. The number of aryl methyl sites for hydroxylation is 3. The zero-order chi connectivity index (χ0) is 23.0. The summed E-state index contributed by atoms with van der Waals surface area (Å²) in [6, 6.07) is 13.6. The Bertz CT molecular complexity index is 1460. The fraction of sp³-hybridized carbons (Fsp3) is 0.208. The van der Waals surface area contributed by atoms with Gasteiger partial charge in [-0.2, -0.15) is 4.31 Å². The number of hydrogen-bond acceptors (Lipinski definition) is 4. The van der Waals surface area contributed by atoms with E-state index in [1.807, 2.05) is 26.0 Å². The molecule has 0 aliphatic rings. The second kappa shape index (κ2) is 8.58. The van der Waals surface area contributed by atoms with Crippen LogP contribution in [0.25, 0.3) is 10.9 Å². The molecule has 4 aromatic rings. The number of fused-ring (bicyclic) bond motifs is 1. The maximum atomic E-state index is 13.5. The molecule has 2 aromatic carbocycles. The smallest absolute Gasteiger partial charge is 0.252 e. The summed E-state index contributed by atoms with van der Waals surface area (Å²) < 4.78 is 33.6. The van der Waals surface area contributed by atoms with Crippen molar-refractivity contribution in [3.63, 3.8) is 0 Å². The Balaban J connectivity index is 1.79. The van der Waals surface area contributed by atoms with Crippen LogP contribution in [0, 0.1) is 20.8 Å². The van der Waals surface area contributed by atoms with Crippen LogP contribution in [-0.4, -0.2) is 17.7 Å². The normalized spacial score (nSPS) is 12.0. The molecule has 0 aliphatic carbocycles. The average molecular weight is 471 g/mol. The molecule has 0 saturated heterocycles. The van der Waals surface area contributed by atoms with Crippen molar-refractivity contribution in [1.29, 1.82) is 0 Å². The van der Waals surface area contributed by atoms with Gasteiger partial charge in [0.25, 0.3) is 5.56 Å². The number of sulfonamides is 1. The van der Waals surface area contributed by atoms with Crippen LogP contribution in [-0.2, 0) is 23.1 Å². The summed E-state index contributed by atoms with van der Waals surface area (Å²) in [6.45, 7) is 5.59. The second-order valence-electron chi connectivity index (χ2n) is 7.86. The molecule has 1 N–H and O–H groups in total. The maximum absolute atomic E-state index is 13.5. The summed E-state index contributed by atoms with van der Waals surface area (Å²) >= 11 is 6.19. The molecular formula is C24H23ClN2O4S. The first-order valence-electron chi connectivity index (χ1n) is 10.1. The summed E-state index contributed by atoms with van der Waals surface area (Å²) in [5, 5.41) is 1.20. The van der Waals surface area contributed by atoms with Crippen molar-refractivity contribution in [1.82, 2.24) is 9.29 Å². The molecule has 2 heterocycles. The number of hydrogen-bond donors (Lipinski definition) is 1. The molecule has 0 spiro atoms. The standard InChI is InChI=1S/C24H23ClN2O4S/c1-15-6-8-18-11-19(24(28)26-23(18)17(15)3)13-27(14-20-5-4-10-31-20)32(29,30)21-9-7-16(2)22(25)12-21/h4-12H,13-14H2,1-3H3,(H,26,28). The molecule has 0 atom stereocenters. The van der Waals surface area contributed by atoms with E-state index >= 15 is 0 Å². The third kappa shape index (κ3) is 4.24. The van der Waals surface area contributed by atoms with Crippen LogP contribution in [0.5, 0.6) is 0 Å². The minimum Gasteiger partial charge on any atom is -0.468 e. The summed E-state index contributed by atoms with van der Waals surface area (Å²) in [6.07, 6.45) is 1.48. The van der Waals surface area contributed by atoms with Crippen molar-refractivity contribution >= 4 is 32.5 Å². The van der Waals surface area contributed by atoms with E-state index in [-0.39, 0.29) is 23.5 Å². The Morgan fingerprint density at radius 2 is 1.75 bits per heavy atom. The average Bonchev–Trinajstić information content (AvgIpc) is 3.26. The van der Waals surface area contributed by atoms with Gasteiger partial charge in [-0.25, -0.2) is 8.42 Å². The van der Waals surface area contributed by atoms with E-state index in [0.29, 0.717) is 16.3 Å². The number of H-pyrrole nitrogens is 1. The molecule has 4 rings (SSSR count). The number of nitrogens with zero attached hydrogens (tertiary/aromatic N) is 1. The SMILES string of the molecule is Cc1ccc(S(=O)(=O)N(Cc2ccco2)Cc2cc3ccc(C)c(C)c3[nH]c2=O)cc1Cl. The third-order valence-electron chi connectivity index (χ3n) is 5.67. The number of furan rings is 1.